The second-order valence-electron chi connectivity index (χ2n) is 5.90. The first-order valence-electron chi connectivity index (χ1n) is 7.89. The molecule has 0 atom stereocenters. The number of piperazine rings is 1. The molecule has 0 unspecified atom stereocenters. The van der Waals surface area contributed by atoms with Gasteiger partial charge in [-0.2, -0.15) is 0 Å². The van der Waals surface area contributed by atoms with Crippen LogP contribution in [0, 0.1) is 0 Å². The maximum atomic E-state index is 12.5. The minimum Gasteiger partial charge on any atom is -0.368 e. The number of likely N-dealkylation sites (tertiary alicyclic amines) is 1. The van der Waals surface area contributed by atoms with Gasteiger partial charge in [0.2, 0.25) is 0 Å². The number of urea groups is 1. The Morgan fingerprint density at radius 3 is 2.09 bits per heavy atom. The van der Waals surface area contributed by atoms with E-state index in [-0.39, 0.29) is 6.03 Å². The Balaban J connectivity index is 1.57. The predicted molar refractivity (Wildman–Crippen MR) is 91.1 cm³/mol. The maximum absolute atomic E-state index is 12.5. The van der Waals surface area contributed by atoms with Crippen molar-refractivity contribution in [1.82, 2.24) is 9.80 Å². The highest BCUT2D eigenvalue weighted by Gasteiger charge is 2.26. The highest BCUT2D eigenvalue weighted by atomic mass is 35.5. The molecule has 22 heavy (non-hydrogen) atoms. The number of piperidine rings is 1. The zero-order chi connectivity index (χ0) is 15.5. The lowest BCUT2D eigenvalue weighted by Gasteiger charge is -2.39. The third-order valence-corrected chi connectivity index (χ3v) is 5.18. The van der Waals surface area contributed by atoms with E-state index in [0.29, 0.717) is 10.0 Å². The maximum Gasteiger partial charge on any atom is 0.320 e. The lowest BCUT2D eigenvalue weighted by molar-refractivity contribution is 0.141. The highest BCUT2D eigenvalue weighted by Crippen LogP contribution is 2.28. The largest absolute Gasteiger partial charge is 0.368 e. The first-order valence-corrected chi connectivity index (χ1v) is 8.64. The van der Waals surface area contributed by atoms with Gasteiger partial charge in [0.1, 0.15) is 0 Å². The molecule has 0 aromatic heterocycles. The molecule has 2 heterocycles. The number of amides is 2. The van der Waals surface area contributed by atoms with E-state index in [1.165, 1.54) is 6.42 Å². The molecule has 0 radical (unpaired) electrons. The Kier molecular flexibility index (Phi) is 4.99. The number of halogens is 2. The molecule has 2 amide bonds. The Hall–Kier alpha value is -1.13. The topological polar surface area (TPSA) is 26.8 Å². The van der Waals surface area contributed by atoms with E-state index >= 15 is 0 Å². The molecule has 2 aliphatic heterocycles. The van der Waals surface area contributed by atoms with Crippen LogP contribution in [0.3, 0.4) is 0 Å². The summed E-state index contributed by atoms with van der Waals surface area (Å²) in [7, 11) is 0. The molecule has 4 nitrogen and oxygen atoms in total. The van der Waals surface area contributed by atoms with Crippen molar-refractivity contribution in [2.75, 3.05) is 44.2 Å². The number of hydrogen-bond acceptors (Lipinski definition) is 2. The average molecular weight is 342 g/mol. The molecular formula is C16H21Cl2N3O. The minimum atomic E-state index is 0.202. The fourth-order valence-corrected chi connectivity index (χ4v) is 3.42. The summed E-state index contributed by atoms with van der Waals surface area (Å²) in [5, 5.41) is 1.15. The van der Waals surface area contributed by atoms with Gasteiger partial charge in [0, 0.05) is 45.0 Å². The van der Waals surface area contributed by atoms with E-state index in [2.05, 4.69) is 4.90 Å². The van der Waals surface area contributed by atoms with Crippen LogP contribution in [-0.2, 0) is 0 Å². The molecule has 0 saturated carbocycles. The van der Waals surface area contributed by atoms with Crippen molar-refractivity contribution in [2.24, 2.45) is 0 Å². The van der Waals surface area contributed by atoms with E-state index in [0.717, 1.165) is 57.8 Å². The van der Waals surface area contributed by atoms with Gasteiger partial charge in [0.15, 0.2) is 0 Å². The summed E-state index contributed by atoms with van der Waals surface area (Å²) in [6.07, 6.45) is 3.51. The number of carbonyl (C=O) groups is 1. The molecule has 0 N–H and O–H groups in total. The standard InChI is InChI=1S/C16H21Cl2N3O/c17-14-5-4-13(12-15(14)18)19-8-10-21(11-9-19)16(22)20-6-2-1-3-7-20/h4-5,12H,1-3,6-11H2. The van der Waals surface area contributed by atoms with Gasteiger partial charge in [0.25, 0.3) is 0 Å². The molecule has 0 spiro atoms. The molecule has 2 fully saturated rings. The van der Waals surface area contributed by atoms with Gasteiger partial charge in [-0.3, -0.25) is 0 Å². The van der Waals surface area contributed by atoms with Gasteiger partial charge in [-0.15, -0.1) is 0 Å². The number of hydrogen-bond donors (Lipinski definition) is 0. The molecule has 0 aliphatic carbocycles. The summed E-state index contributed by atoms with van der Waals surface area (Å²) in [4.78, 5) is 18.7. The van der Waals surface area contributed by atoms with Gasteiger partial charge in [-0.1, -0.05) is 23.2 Å². The number of benzene rings is 1. The Labute approximate surface area is 141 Å². The first-order chi connectivity index (χ1) is 10.6. The normalized spacial score (nSPS) is 19.5. The predicted octanol–water partition coefficient (Wildman–Crippen LogP) is 3.72. The van der Waals surface area contributed by atoms with Gasteiger partial charge in [-0.05, 0) is 37.5 Å². The molecule has 3 rings (SSSR count). The van der Waals surface area contributed by atoms with Gasteiger partial charge in [-0.25, -0.2) is 4.79 Å². The van der Waals surface area contributed by atoms with Crippen molar-refractivity contribution < 1.29 is 4.79 Å². The lowest BCUT2D eigenvalue weighted by Crippen LogP contribution is -2.53. The third-order valence-electron chi connectivity index (χ3n) is 4.45. The van der Waals surface area contributed by atoms with Crippen molar-refractivity contribution in [3.8, 4) is 0 Å². The van der Waals surface area contributed by atoms with E-state index in [1.54, 1.807) is 0 Å². The van der Waals surface area contributed by atoms with Crippen molar-refractivity contribution in [3.05, 3.63) is 28.2 Å². The third kappa shape index (κ3) is 3.44. The summed E-state index contributed by atoms with van der Waals surface area (Å²) >= 11 is 12.0. The van der Waals surface area contributed by atoms with E-state index in [4.69, 9.17) is 23.2 Å². The van der Waals surface area contributed by atoms with E-state index in [1.807, 2.05) is 28.0 Å². The van der Waals surface area contributed by atoms with Gasteiger partial charge >= 0.3 is 6.03 Å². The van der Waals surface area contributed by atoms with Crippen LogP contribution in [0.2, 0.25) is 10.0 Å². The minimum absolute atomic E-state index is 0.202. The number of nitrogens with zero attached hydrogens (tertiary/aromatic N) is 3. The summed E-state index contributed by atoms with van der Waals surface area (Å²) in [5.74, 6) is 0. The molecule has 1 aromatic rings. The Morgan fingerprint density at radius 2 is 1.45 bits per heavy atom. The summed E-state index contributed by atoms with van der Waals surface area (Å²) in [5.41, 5.74) is 1.07. The second-order valence-corrected chi connectivity index (χ2v) is 6.72. The monoisotopic (exact) mass is 341 g/mol. The SMILES string of the molecule is O=C(N1CCCCC1)N1CCN(c2ccc(Cl)c(Cl)c2)CC1. The van der Waals surface area contributed by atoms with Crippen molar-refractivity contribution in [1.29, 1.82) is 0 Å². The van der Waals surface area contributed by atoms with Crippen LogP contribution in [-0.4, -0.2) is 55.1 Å². The number of rotatable bonds is 1. The summed E-state index contributed by atoms with van der Waals surface area (Å²) in [6.45, 7) is 5.00. The fourth-order valence-electron chi connectivity index (χ4n) is 3.12. The highest BCUT2D eigenvalue weighted by molar-refractivity contribution is 6.42. The average Bonchev–Trinajstić information content (AvgIpc) is 2.58. The van der Waals surface area contributed by atoms with Crippen LogP contribution >= 0.6 is 23.2 Å². The zero-order valence-corrected chi connectivity index (χ0v) is 14.1. The van der Waals surface area contributed by atoms with Gasteiger partial charge in [0.05, 0.1) is 10.0 Å². The van der Waals surface area contributed by atoms with Crippen LogP contribution in [0.1, 0.15) is 19.3 Å². The zero-order valence-electron chi connectivity index (χ0n) is 12.6. The van der Waals surface area contributed by atoms with Crippen LogP contribution < -0.4 is 4.90 Å². The van der Waals surface area contributed by atoms with Crippen LogP contribution in [0.4, 0.5) is 10.5 Å². The smallest absolute Gasteiger partial charge is 0.320 e. The van der Waals surface area contributed by atoms with Gasteiger partial charge < -0.3 is 14.7 Å². The number of anilines is 1. The van der Waals surface area contributed by atoms with Crippen LogP contribution in [0.25, 0.3) is 0 Å². The molecule has 120 valence electrons. The van der Waals surface area contributed by atoms with Crippen molar-refractivity contribution >= 4 is 34.9 Å². The lowest BCUT2D eigenvalue weighted by atomic mass is 10.1. The summed E-state index contributed by atoms with van der Waals surface area (Å²) in [6, 6.07) is 5.90. The Bertz CT molecular complexity index is 538. The number of carbonyl (C=O) groups excluding carboxylic acids is 1. The first kappa shape index (κ1) is 15.8. The molecule has 6 heteroatoms. The quantitative estimate of drug-likeness (QED) is 0.778. The fraction of sp³-hybridized carbons (Fsp3) is 0.562. The van der Waals surface area contributed by atoms with Crippen LogP contribution in [0.15, 0.2) is 18.2 Å². The molecule has 0 bridgehead atoms. The van der Waals surface area contributed by atoms with Crippen molar-refractivity contribution in [3.63, 3.8) is 0 Å². The van der Waals surface area contributed by atoms with Crippen LogP contribution in [0.5, 0.6) is 0 Å². The molecule has 2 saturated heterocycles. The summed E-state index contributed by atoms with van der Waals surface area (Å²) < 4.78 is 0. The molecular weight excluding hydrogens is 321 g/mol. The van der Waals surface area contributed by atoms with Crippen molar-refractivity contribution in [2.45, 2.75) is 19.3 Å². The Morgan fingerprint density at radius 1 is 0.818 bits per heavy atom. The molecule has 2 aliphatic rings. The second kappa shape index (κ2) is 6.97. The van der Waals surface area contributed by atoms with E-state index < -0.39 is 0 Å². The molecule has 1 aromatic carbocycles. The van der Waals surface area contributed by atoms with E-state index in [9.17, 15) is 4.79 Å².